The van der Waals surface area contributed by atoms with Gasteiger partial charge < -0.3 is 10.1 Å². The van der Waals surface area contributed by atoms with Crippen molar-refractivity contribution in [2.24, 2.45) is 0 Å². The maximum atomic E-state index is 12.2. The Kier molecular flexibility index (Phi) is 5.62. The summed E-state index contributed by atoms with van der Waals surface area (Å²) in [5.41, 5.74) is 1.90. The van der Waals surface area contributed by atoms with Crippen LogP contribution in [0.5, 0.6) is 0 Å². The van der Waals surface area contributed by atoms with E-state index < -0.39 is 0 Å². The Hall–Kier alpha value is -2.17. The molecule has 0 aromatic heterocycles. The van der Waals surface area contributed by atoms with Crippen LogP contribution in [0.1, 0.15) is 28.4 Å². The number of carbonyl (C=O) groups excluding carboxylic acids is 1. The van der Waals surface area contributed by atoms with E-state index in [1.807, 2.05) is 31.3 Å². The Bertz CT molecular complexity index is 645. The first-order chi connectivity index (χ1) is 11.8. The molecule has 126 valence electrons. The minimum Gasteiger partial charge on any atom is -0.457 e. The minimum absolute atomic E-state index is 0.0222. The maximum Gasteiger partial charge on any atom is 0.338 e. The van der Waals surface area contributed by atoms with Gasteiger partial charge in [0.25, 0.3) is 0 Å². The number of likely N-dealkylation sites (N-methyl/N-ethyl adjacent to an activating group) is 1. The molecule has 0 radical (unpaired) electrons. The molecular formula is C20H24N2O2. The van der Waals surface area contributed by atoms with E-state index >= 15 is 0 Å². The monoisotopic (exact) mass is 324 g/mol. The van der Waals surface area contributed by atoms with Crippen LogP contribution < -0.4 is 5.32 Å². The number of carbonyl (C=O) groups is 1. The average Bonchev–Trinajstić information content (AvgIpc) is 3.08. The van der Waals surface area contributed by atoms with Gasteiger partial charge in [0.05, 0.1) is 5.56 Å². The van der Waals surface area contributed by atoms with Crippen LogP contribution in [0.15, 0.2) is 60.7 Å². The van der Waals surface area contributed by atoms with Crippen LogP contribution in [0.2, 0.25) is 0 Å². The Morgan fingerprint density at radius 3 is 2.50 bits per heavy atom. The lowest BCUT2D eigenvalue weighted by Gasteiger charge is -2.23. The molecule has 0 saturated carbocycles. The molecule has 1 heterocycles. The van der Waals surface area contributed by atoms with Crippen LogP contribution in [0.3, 0.4) is 0 Å². The molecule has 0 aliphatic carbocycles. The Morgan fingerprint density at radius 1 is 1.17 bits per heavy atom. The second kappa shape index (κ2) is 8.08. The maximum absolute atomic E-state index is 12.2. The highest BCUT2D eigenvalue weighted by Crippen LogP contribution is 2.19. The average molecular weight is 324 g/mol. The molecule has 2 aromatic rings. The van der Waals surface area contributed by atoms with Crippen molar-refractivity contribution in [3.8, 4) is 0 Å². The van der Waals surface area contributed by atoms with E-state index in [0.717, 1.165) is 26.1 Å². The van der Waals surface area contributed by atoms with Crippen molar-refractivity contribution >= 4 is 5.97 Å². The Balaban J connectivity index is 1.53. The third-order valence-electron chi connectivity index (χ3n) is 4.50. The first kappa shape index (κ1) is 16.7. The molecule has 2 aromatic carbocycles. The number of hydrogen-bond donors (Lipinski definition) is 1. The third kappa shape index (κ3) is 4.22. The summed E-state index contributed by atoms with van der Waals surface area (Å²) in [6, 6.07) is 19.9. The number of benzene rings is 2. The summed E-state index contributed by atoms with van der Waals surface area (Å²) >= 11 is 0. The van der Waals surface area contributed by atoms with Gasteiger partial charge in [0, 0.05) is 25.7 Å². The highest BCUT2D eigenvalue weighted by atomic mass is 16.5. The number of rotatable bonds is 6. The number of ether oxygens (including phenoxy) is 1. The third-order valence-corrected chi connectivity index (χ3v) is 4.50. The van der Waals surface area contributed by atoms with E-state index in [2.05, 4.69) is 34.5 Å². The van der Waals surface area contributed by atoms with E-state index in [1.54, 1.807) is 12.1 Å². The van der Waals surface area contributed by atoms with Gasteiger partial charge in [-0.05, 0) is 31.2 Å². The van der Waals surface area contributed by atoms with E-state index in [0.29, 0.717) is 5.56 Å². The van der Waals surface area contributed by atoms with Gasteiger partial charge in [0.15, 0.2) is 0 Å². The van der Waals surface area contributed by atoms with Crippen LogP contribution in [0.4, 0.5) is 0 Å². The quantitative estimate of drug-likeness (QED) is 0.830. The van der Waals surface area contributed by atoms with Gasteiger partial charge in [-0.25, -0.2) is 4.79 Å². The molecule has 4 nitrogen and oxygen atoms in total. The molecule has 24 heavy (non-hydrogen) atoms. The lowest BCUT2D eigenvalue weighted by molar-refractivity contribution is 0.0320. The van der Waals surface area contributed by atoms with Gasteiger partial charge in [0.2, 0.25) is 0 Å². The van der Waals surface area contributed by atoms with Gasteiger partial charge in [-0.1, -0.05) is 48.5 Å². The number of esters is 1. The van der Waals surface area contributed by atoms with Crippen LogP contribution >= 0.6 is 0 Å². The number of nitrogens with one attached hydrogen (secondary N) is 1. The largest absolute Gasteiger partial charge is 0.457 e. The second-order valence-electron chi connectivity index (χ2n) is 6.19. The molecule has 2 unspecified atom stereocenters. The fourth-order valence-electron chi connectivity index (χ4n) is 3.16. The van der Waals surface area contributed by atoms with Crippen molar-refractivity contribution in [3.63, 3.8) is 0 Å². The molecule has 1 saturated heterocycles. The van der Waals surface area contributed by atoms with E-state index in [4.69, 9.17) is 4.74 Å². The van der Waals surface area contributed by atoms with Gasteiger partial charge in [-0.15, -0.1) is 0 Å². The van der Waals surface area contributed by atoms with Crippen molar-refractivity contribution in [1.82, 2.24) is 10.2 Å². The molecule has 2 atom stereocenters. The second-order valence-corrected chi connectivity index (χ2v) is 6.19. The smallest absolute Gasteiger partial charge is 0.338 e. The first-order valence-electron chi connectivity index (χ1n) is 8.47. The summed E-state index contributed by atoms with van der Waals surface area (Å²) in [7, 11) is 1.99. The van der Waals surface area contributed by atoms with Crippen LogP contribution in [-0.2, 0) is 4.74 Å². The molecule has 1 fully saturated rings. The van der Waals surface area contributed by atoms with Crippen molar-refractivity contribution < 1.29 is 9.53 Å². The van der Waals surface area contributed by atoms with Crippen molar-refractivity contribution in [2.75, 3.05) is 26.7 Å². The minimum atomic E-state index is -0.226. The summed E-state index contributed by atoms with van der Waals surface area (Å²) in [6.45, 7) is 2.67. The summed E-state index contributed by atoms with van der Waals surface area (Å²) in [6.07, 6.45) is 0.870. The first-order valence-corrected chi connectivity index (χ1v) is 8.47. The molecule has 4 heteroatoms. The Morgan fingerprint density at radius 2 is 1.83 bits per heavy atom. The van der Waals surface area contributed by atoms with Crippen LogP contribution in [-0.4, -0.2) is 43.7 Å². The highest BCUT2D eigenvalue weighted by molar-refractivity contribution is 5.89. The molecule has 0 bridgehead atoms. The van der Waals surface area contributed by atoms with Crippen molar-refractivity contribution in [3.05, 3.63) is 71.8 Å². The topological polar surface area (TPSA) is 41.6 Å². The van der Waals surface area contributed by atoms with E-state index in [1.165, 1.54) is 5.56 Å². The predicted octanol–water partition coefficient (Wildman–Crippen LogP) is 2.88. The van der Waals surface area contributed by atoms with Crippen LogP contribution in [0, 0.1) is 0 Å². The summed E-state index contributed by atoms with van der Waals surface area (Å²) in [5, 5.41) is 3.38. The number of nitrogens with zero attached hydrogens (tertiary/aromatic N) is 1. The summed E-state index contributed by atoms with van der Waals surface area (Å²) < 4.78 is 5.65. The molecule has 1 aliphatic heterocycles. The predicted molar refractivity (Wildman–Crippen MR) is 94.9 cm³/mol. The zero-order valence-corrected chi connectivity index (χ0v) is 14.0. The lowest BCUT2D eigenvalue weighted by atomic mass is 10.1. The fourth-order valence-corrected chi connectivity index (χ4v) is 3.16. The standard InChI is InChI=1S/C20H24N2O2/c1-21-19(16-8-4-2-5-9-16)15-22-13-12-18(14-22)24-20(23)17-10-6-3-7-11-17/h2-11,18-19,21H,12-15H2,1H3. The van der Waals surface area contributed by atoms with Crippen molar-refractivity contribution in [2.45, 2.75) is 18.6 Å². The summed E-state index contributed by atoms with van der Waals surface area (Å²) in [4.78, 5) is 14.5. The normalized spacial score (nSPS) is 19.1. The van der Waals surface area contributed by atoms with Crippen LogP contribution in [0.25, 0.3) is 0 Å². The zero-order valence-electron chi connectivity index (χ0n) is 14.0. The molecule has 0 amide bonds. The van der Waals surface area contributed by atoms with Crippen molar-refractivity contribution in [1.29, 1.82) is 0 Å². The van der Waals surface area contributed by atoms with E-state index in [-0.39, 0.29) is 18.1 Å². The zero-order chi connectivity index (χ0) is 16.8. The molecule has 1 N–H and O–H groups in total. The van der Waals surface area contributed by atoms with Gasteiger partial charge in [0.1, 0.15) is 6.10 Å². The molecule has 3 rings (SSSR count). The van der Waals surface area contributed by atoms with E-state index in [9.17, 15) is 4.79 Å². The highest BCUT2D eigenvalue weighted by Gasteiger charge is 2.27. The number of likely N-dealkylation sites (tertiary alicyclic amines) is 1. The molecule has 0 spiro atoms. The lowest BCUT2D eigenvalue weighted by Crippen LogP contribution is -2.33. The molecule has 1 aliphatic rings. The van der Waals surface area contributed by atoms with Gasteiger partial charge in [-0.2, -0.15) is 0 Å². The number of hydrogen-bond acceptors (Lipinski definition) is 4. The fraction of sp³-hybridized carbons (Fsp3) is 0.350. The van der Waals surface area contributed by atoms with Gasteiger partial charge >= 0.3 is 5.97 Å². The SMILES string of the molecule is CNC(CN1CCC(OC(=O)c2ccccc2)C1)c1ccccc1. The summed E-state index contributed by atoms with van der Waals surface area (Å²) in [5.74, 6) is -0.226. The Labute approximate surface area is 143 Å². The molecular weight excluding hydrogens is 300 g/mol. The van der Waals surface area contributed by atoms with Gasteiger partial charge in [-0.3, -0.25) is 4.90 Å².